The van der Waals surface area contributed by atoms with Gasteiger partial charge in [0.15, 0.2) is 0 Å². The van der Waals surface area contributed by atoms with Crippen LogP contribution >= 0.6 is 15.9 Å². The lowest BCUT2D eigenvalue weighted by molar-refractivity contribution is -0.128. The lowest BCUT2D eigenvalue weighted by Crippen LogP contribution is -2.37. The van der Waals surface area contributed by atoms with Crippen molar-refractivity contribution >= 4 is 106 Å². The molecule has 0 fully saturated rings. The van der Waals surface area contributed by atoms with Crippen LogP contribution in [-0.2, 0) is 43.2 Å². The zero-order chi connectivity index (χ0) is 61.9. The van der Waals surface area contributed by atoms with Gasteiger partial charge in [-0.2, -0.15) is 0 Å². The second kappa shape index (κ2) is 54.2. The average Bonchev–Trinajstić information content (AvgIpc) is 3.67. The van der Waals surface area contributed by atoms with Crippen molar-refractivity contribution in [2.75, 3.05) is 68.3 Å². The van der Waals surface area contributed by atoms with E-state index in [4.69, 9.17) is 24.6 Å². The summed E-state index contributed by atoms with van der Waals surface area (Å²) >= 11 is 3.06. The number of primary amides is 1. The van der Waals surface area contributed by atoms with Gasteiger partial charge in [0, 0.05) is 78.2 Å². The van der Waals surface area contributed by atoms with E-state index in [-0.39, 0.29) is 89.6 Å². The monoisotopic (exact) mass is 1240 g/mol. The fourth-order valence-electron chi connectivity index (χ4n) is 6.72. The Morgan fingerprint density at radius 2 is 1.05 bits per heavy atom. The van der Waals surface area contributed by atoms with Crippen LogP contribution in [0.5, 0.6) is 0 Å². The van der Waals surface area contributed by atoms with E-state index < -0.39 is 30.8 Å². The van der Waals surface area contributed by atoms with E-state index in [9.17, 15) is 53.2 Å². The van der Waals surface area contributed by atoms with Crippen molar-refractivity contribution in [3.05, 3.63) is 107 Å². The van der Waals surface area contributed by atoms with Crippen LogP contribution in [0.25, 0.3) is 20.9 Å². The number of nitrogens with two attached hydrogens (primary N) is 1. The molecule has 0 saturated carbocycles. The second-order valence-corrected chi connectivity index (χ2v) is 18.4. The Hall–Kier alpha value is -8.04. The maximum atomic E-state index is 13.0. The molecule has 16 N–H and O–H groups in total. The van der Waals surface area contributed by atoms with Gasteiger partial charge in [0.1, 0.15) is 20.9 Å². The predicted molar refractivity (Wildman–Crippen MR) is 329 cm³/mol. The fourth-order valence-corrected chi connectivity index (χ4v) is 6.92. The number of halogens is 1. The number of nitrogens with one attached hydrogen (secondary N) is 8. The third-order valence-electron chi connectivity index (χ3n) is 11.2. The predicted octanol–water partition coefficient (Wildman–Crippen LogP) is 1.37. The van der Waals surface area contributed by atoms with Gasteiger partial charge in [-0.05, 0) is 136 Å². The van der Waals surface area contributed by atoms with E-state index in [1.807, 2.05) is 6.92 Å². The van der Waals surface area contributed by atoms with Crippen molar-refractivity contribution in [2.24, 2.45) is 33.7 Å². The summed E-state index contributed by atoms with van der Waals surface area (Å²) in [6, 6.07) is 13.2. The molecule has 462 valence electrons. The number of amides is 9. The van der Waals surface area contributed by atoms with Crippen LogP contribution in [0, 0.1) is 17.8 Å². The number of hydrogen-bond acceptors (Lipinski definition) is 13. The summed E-state index contributed by atoms with van der Waals surface area (Å²) in [5.74, 6) is -3.96. The van der Waals surface area contributed by atoms with Gasteiger partial charge in [-0.3, -0.25) is 43.2 Å². The van der Waals surface area contributed by atoms with Crippen LogP contribution in [0.1, 0.15) is 90.9 Å². The van der Waals surface area contributed by atoms with Gasteiger partial charge in [-0.15, -0.1) is 0 Å². The van der Waals surface area contributed by atoms with Gasteiger partial charge in [0.25, 0.3) is 0 Å². The largest absolute Gasteiger partial charge is 0.488 e. The molecule has 84 heavy (non-hydrogen) atoms. The Morgan fingerprint density at radius 3 is 1.45 bits per heavy atom. The van der Waals surface area contributed by atoms with Crippen LogP contribution in [0.3, 0.4) is 0 Å². The van der Waals surface area contributed by atoms with Crippen LogP contribution in [0.4, 0.5) is 11.4 Å². The minimum Gasteiger partial charge on any atom is -0.423 e. The highest BCUT2D eigenvalue weighted by Crippen LogP contribution is 2.24. The molecule has 0 aliphatic heterocycles. The molecule has 3 unspecified atom stereocenters. The maximum Gasteiger partial charge on any atom is 0.488 e. The molecule has 2 radical (unpaired) electrons. The number of nitrogens with zero attached hydrogens (tertiary/aromatic N) is 6. The molecule has 31 heteroatoms. The van der Waals surface area contributed by atoms with Crippen LogP contribution in [0.2, 0.25) is 0 Å². The SMILES string of the molecule is C=CC(=O)NCCCCCNC(=O)CBr.C=CC(=O)NCCCCCNC(=O)CN=[N+]=[N-].CCC(CC(CC(C)C(N)=O)C(=O)NCCCCCNC(=O)CN=[N+]=[N-])C(=O)Nc1cccc(B(O)O)c1.O.O.[B]c1cccc(NC(=O)C=C)c1. The van der Waals surface area contributed by atoms with Crippen molar-refractivity contribution in [1.82, 2.24) is 31.9 Å². The molecule has 2 rings (SSSR count). The molecular weight excluding hydrogens is 1160 g/mol. The summed E-state index contributed by atoms with van der Waals surface area (Å²) in [4.78, 5) is 108. The standard InChI is InChI=1S/C24H38BN7O6.C10H17BrN2O2.C10H17N5O2.C9H8BNO.2H2O/c1-3-17(24(36)31-20-9-7-8-19(14-20)25(37)38)13-18(12-16(2)22(26)34)23(35)29-11-6-4-5-10-28-21(33)15-30-32-27;1-2-9(14)12-6-4-3-5-7-13-10(15)8-11;1-2-9(16)12-6-4-3-5-7-13-10(17)8-14-15-11;1-2-9(12)11-8-5-3-4-7(10)6-8;;/h7-9,14,16-18,37-38H,3-6,10-13,15H2,1-2H3,(H2,26,34)(H,28,33)(H,29,35)(H,31,36);2H,1,3-8H2,(H,12,14)(H,13,15);2H,1,3-8H2,(H,12,16)(H,13,17);2-6H,1H2,(H,11,12);2*1H2. The molecule has 3 atom stereocenters. The third kappa shape index (κ3) is 46.6. The van der Waals surface area contributed by atoms with Crippen molar-refractivity contribution in [3.63, 3.8) is 0 Å². The molecule has 0 bridgehead atoms. The van der Waals surface area contributed by atoms with E-state index in [2.05, 4.69) is 98.3 Å². The van der Waals surface area contributed by atoms with E-state index in [0.29, 0.717) is 80.7 Å². The van der Waals surface area contributed by atoms with Crippen molar-refractivity contribution in [3.8, 4) is 0 Å². The van der Waals surface area contributed by atoms with Crippen molar-refractivity contribution in [2.45, 2.75) is 90.9 Å². The second-order valence-electron chi connectivity index (χ2n) is 17.8. The molecule has 0 aliphatic rings. The summed E-state index contributed by atoms with van der Waals surface area (Å²) in [7, 11) is 3.83. The molecule has 0 saturated heterocycles. The molecule has 0 spiro atoms. The van der Waals surface area contributed by atoms with Gasteiger partial charge in [-0.1, -0.05) is 89.5 Å². The number of anilines is 2. The minimum absolute atomic E-state index is 0. The zero-order valence-corrected chi connectivity index (χ0v) is 49.5. The zero-order valence-electron chi connectivity index (χ0n) is 47.9. The Morgan fingerprint density at radius 1 is 0.619 bits per heavy atom. The van der Waals surface area contributed by atoms with Gasteiger partial charge < -0.3 is 69.3 Å². The minimum atomic E-state index is -1.67. The number of alkyl halides is 1. The Balaban J connectivity index is -0.000000574. The Kier molecular flexibility index (Phi) is 53.2. The summed E-state index contributed by atoms with van der Waals surface area (Å²) < 4.78 is 0. The lowest BCUT2D eigenvalue weighted by Gasteiger charge is -2.24. The molecule has 0 aromatic heterocycles. The number of unbranched alkanes of at least 4 members (excludes halogenated alkanes) is 6. The van der Waals surface area contributed by atoms with Crippen LogP contribution in [-0.4, -0.2) is 147 Å². The molecule has 28 nitrogen and oxygen atoms in total. The molecule has 2 aromatic rings. The van der Waals surface area contributed by atoms with E-state index in [1.165, 1.54) is 30.4 Å². The highest BCUT2D eigenvalue weighted by molar-refractivity contribution is 9.09. The Labute approximate surface area is 500 Å². The molecule has 9 amide bonds. The topological polar surface area (TPSA) is 477 Å². The first-order chi connectivity index (χ1) is 39.2. The van der Waals surface area contributed by atoms with Gasteiger partial charge in [-0.25, -0.2) is 0 Å². The Bertz CT molecular complexity index is 2430. The van der Waals surface area contributed by atoms with Crippen molar-refractivity contribution < 1.29 is 64.2 Å². The number of azide groups is 2. The van der Waals surface area contributed by atoms with Gasteiger partial charge >= 0.3 is 7.12 Å². The first kappa shape index (κ1) is 82.4. The highest BCUT2D eigenvalue weighted by atomic mass is 79.9. The maximum absolute atomic E-state index is 13.0. The van der Waals surface area contributed by atoms with Crippen molar-refractivity contribution in [1.29, 1.82) is 0 Å². The lowest BCUT2D eigenvalue weighted by atomic mass is 9.80. The van der Waals surface area contributed by atoms with E-state index in [0.717, 1.165) is 44.9 Å². The van der Waals surface area contributed by atoms with E-state index in [1.54, 1.807) is 43.3 Å². The fraction of sp³-hybridized carbons (Fsp3) is 0.491. The normalized spacial score (nSPS) is 10.6. The summed E-state index contributed by atoms with van der Waals surface area (Å²) in [6.45, 7) is 16.4. The quantitative estimate of drug-likeness (QED) is 0.00873. The summed E-state index contributed by atoms with van der Waals surface area (Å²) in [6.07, 6.45) is 12.1. The van der Waals surface area contributed by atoms with Crippen LogP contribution < -0.4 is 59.2 Å². The third-order valence-corrected chi connectivity index (χ3v) is 11.7. The number of rotatable bonds is 37. The number of hydrogen-bond donors (Lipinski definition) is 11. The van der Waals surface area contributed by atoms with Gasteiger partial charge in [0.05, 0.1) is 5.33 Å². The molecule has 2 aromatic carbocycles. The molecule has 0 heterocycles. The summed E-state index contributed by atoms with van der Waals surface area (Å²) in [5, 5.41) is 47.0. The number of carbonyl (C=O) groups excluding carboxylic acids is 9. The van der Waals surface area contributed by atoms with Gasteiger partial charge in [0.2, 0.25) is 53.2 Å². The van der Waals surface area contributed by atoms with Crippen LogP contribution in [0.15, 0.2) is 96.7 Å². The molecular formula is C53H84B2BrN15O13. The highest BCUT2D eigenvalue weighted by Gasteiger charge is 2.29. The number of benzene rings is 2. The number of carbonyl (C=O) groups is 9. The first-order valence-electron chi connectivity index (χ1n) is 26.5. The summed E-state index contributed by atoms with van der Waals surface area (Å²) in [5.41, 5.74) is 23.5. The van der Waals surface area contributed by atoms with E-state index >= 15 is 0 Å². The smallest absolute Gasteiger partial charge is 0.423 e. The molecule has 0 aliphatic carbocycles. The first-order valence-corrected chi connectivity index (χ1v) is 27.6. The average molecular weight is 1240 g/mol.